The number of benzene rings is 1. The van der Waals surface area contributed by atoms with E-state index >= 15 is 0 Å². The molecular weight excluding hydrogens is 315 g/mol. The number of likely N-dealkylation sites (N-methyl/N-ethyl adjacent to an activating group) is 1. The summed E-state index contributed by atoms with van der Waals surface area (Å²) in [6.07, 6.45) is 1.26. The molecule has 6 nitrogen and oxygen atoms in total. The van der Waals surface area contributed by atoms with Crippen LogP contribution < -0.4 is 4.74 Å². The Balaban J connectivity index is 1.63. The minimum atomic E-state index is -0.795. The third-order valence-corrected chi connectivity index (χ3v) is 4.13. The number of rotatable bonds is 8. The van der Waals surface area contributed by atoms with Crippen molar-refractivity contribution in [3.63, 3.8) is 0 Å². The Morgan fingerprint density at radius 1 is 1.38 bits per heavy atom. The smallest absolute Gasteiger partial charge is 0.307 e. The second-order valence-electron chi connectivity index (χ2n) is 6.03. The van der Waals surface area contributed by atoms with Crippen molar-refractivity contribution < 1.29 is 23.8 Å². The molecule has 0 saturated carbocycles. The average Bonchev–Trinajstić information content (AvgIpc) is 3.01. The predicted molar refractivity (Wildman–Crippen MR) is 86.3 cm³/mol. The monoisotopic (exact) mass is 338 g/mol. The molecule has 0 aromatic heterocycles. The lowest BCUT2D eigenvalue weighted by Gasteiger charge is -2.21. The lowest BCUT2D eigenvalue weighted by Crippen LogP contribution is -2.38. The number of carbonyl (C=O) groups is 2. The molecule has 2 rings (SSSR count). The Morgan fingerprint density at radius 3 is 2.71 bits per heavy atom. The lowest BCUT2D eigenvalue weighted by molar-refractivity contribution is -0.141. The number of amides is 1. The van der Waals surface area contributed by atoms with Crippen LogP contribution in [0.5, 0.6) is 5.75 Å². The molecule has 1 heterocycles. The Labute approximate surface area is 140 Å². The molecule has 1 aromatic rings. The number of likely N-dealkylation sites (tertiary alicyclic amines) is 1. The number of nitrogens with zero attached hydrogens (tertiary/aromatic N) is 2. The number of carbonyl (C=O) groups excluding carboxylic acids is 1. The van der Waals surface area contributed by atoms with Crippen molar-refractivity contribution in [3.8, 4) is 5.75 Å². The first kappa shape index (κ1) is 18.2. The zero-order valence-corrected chi connectivity index (χ0v) is 13.8. The summed E-state index contributed by atoms with van der Waals surface area (Å²) < 4.78 is 18.3. The fourth-order valence-corrected chi connectivity index (χ4v) is 2.64. The molecule has 0 bridgehead atoms. The summed E-state index contributed by atoms with van der Waals surface area (Å²) in [7, 11) is 1.73. The molecule has 24 heavy (non-hydrogen) atoms. The van der Waals surface area contributed by atoms with Gasteiger partial charge in [-0.25, -0.2) is 4.39 Å². The molecule has 0 spiro atoms. The molecular formula is C17H23FN2O4. The van der Waals surface area contributed by atoms with E-state index in [1.807, 2.05) is 4.90 Å². The first-order valence-electron chi connectivity index (χ1n) is 8.03. The molecule has 1 amide bonds. The first-order valence-corrected chi connectivity index (χ1v) is 8.03. The molecule has 1 unspecified atom stereocenters. The molecule has 0 aliphatic carbocycles. The lowest BCUT2D eigenvalue weighted by atomic mass is 10.1. The van der Waals surface area contributed by atoms with E-state index in [0.29, 0.717) is 44.8 Å². The summed E-state index contributed by atoms with van der Waals surface area (Å²) in [4.78, 5) is 26.6. The van der Waals surface area contributed by atoms with Crippen molar-refractivity contribution in [3.05, 3.63) is 30.1 Å². The molecule has 1 N–H and O–H groups in total. The van der Waals surface area contributed by atoms with E-state index in [-0.39, 0.29) is 24.2 Å². The Hall–Kier alpha value is -2.15. The van der Waals surface area contributed by atoms with E-state index in [9.17, 15) is 14.0 Å². The normalized spacial score (nSPS) is 17.7. The number of ether oxygens (including phenoxy) is 1. The minimum Gasteiger partial charge on any atom is -0.494 e. The van der Waals surface area contributed by atoms with E-state index in [1.54, 1.807) is 24.1 Å². The number of carboxylic acid groups (broad SMARTS) is 1. The zero-order chi connectivity index (χ0) is 17.5. The van der Waals surface area contributed by atoms with Gasteiger partial charge in [-0.2, -0.15) is 0 Å². The molecule has 1 aliphatic rings. The van der Waals surface area contributed by atoms with E-state index in [2.05, 4.69) is 0 Å². The highest BCUT2D eigenvalue weighted by Crippen LogP contribution is 2.16. The van der Waals surface area contributed by atoms with Crippen LogP contribution in [0.25, 0.3) is 0 Å². The highest BCUT2D eigenvalue weighted by atomic mass is 19.1. The average molecular weight is 338 g/mol. The molecule has 1 aliphatic heterocycles. The maximum Gasteiger partial charge on any atom is 0.307 e. The van der Waals surface area contributed by atoms with E-state index in [1.165, 1.54) is 12.1 Å². The number of aliphatic carboxylic acids is 1. The van der Waals surface area contributed by atoms with Crippen LogP contribution in [-0.2, 0) is 9.59 Å². The van der Waals surface area contributed by atoms with Crippen LogP contribution in [0.3, 0.4) is 0 Å². The van der Waals surface area contributed by atoms with Crippen molar-refractivity contribution in [2.24, 2.45) is 5.92 Å². The second-order valence-corrected chi connectivity index (χ2v) is 6.03. The number of carboxylic acids is 1. The molecule has 132 valence electrons. The molecule has 7 heteroatoms. The van der Waals surface area contributed by atoms with Crippen LogP contribution in [0.1, 0.15) is 12.8 Å². The van der Waals surface area contributed by atoms with Gasteiger partial charge in [0.05, 0.1) is 19.1 Å². The van der Waals surface area contributed by atoms with Gasteiger partial charge in [-0.1, -0.05) is 0 Å². The van der Waals surface area contributed by atoms with Crippen molar-refractivity contribution in [2.75, 3.05) is 39.8 Å². The van der Waals surface area contributed by atoms with Gasteiger partial charge < -0.3 is 14.7 Å². The van der Waals surface area contributed by atoms with Gasteiger partial charge in [0.15, 0.2) is 0 Å². The SMILES string of the molecule is CN(CCCOc1ccc(F)cc1)C(=O)CN1CCC(C(=O)O)C1. The fraction of sp³-hybridized carbons (Fsp3) is 0.529. The van der Waals surface area contributed by atoms with Crippen LogP contribution in [0.4, 0.5) is 4.39 Å². The van der Waals surface area contributed by atoms with Crippen LogP contribution in [0, 0.1) is 11.7 Å². The van der Waals surface area contributed by atoms with Crippen LogP contribution >= 0.6 is 0 Å². The Kier molecular flexibility index (Phi) is 6.54. The third-order valence-electron chi connectivity index (χ3n) is 4.13. The van der Waals surface area contributed by atoms with Crippen molar-refractivity contribution in [1.82, 2.24) is 9.80 Å². The quantitative estimate of drug-likeness (QED) is 0.727. The molecule has 1 fully saturated rings. The summed E-state index contributed by atoms with van der Waals surface area (Å²) in [5.41, 5.74) is 0. The van der Waals surface area contributed by atoms with Crippen LogP contribution in [0.2, 0.25) is 0 Å². The van der Waals surface area contributed by atoms with Crippen LogP contribution in [0.15, 0.2) is 24.3 Å². The number of halogens is 1. The highest BCUT2D eigenvalue weighted by Gasteiger charge is 2.29. The van der Waals surface area contributed by atoms with Crippen molar-refractivity contribution in [1.29, 1.82) is 0 Å². The molecule has 1 atom stereocenters. The Morgan fingerprint density at radius 2 is 2.08 bits per heavy atom. The fourth-order valence-electron chi connectivity index (χ4n) is 2.64. The summed E-state index contributed by atoms with van der Waals surface area (Å²) in [6, 6.07) is 5.81. The minimum absolute atomic E-state index is 0.0252. The largest absolute Gasteiger partial charge is 0.494 e. The van der Waals surface area contributed by atoms with E-state index in [4.69, 9.17) is 9.84 Å². The molecule has 1 aromatic carbocycles. The standard InChI is InChI=1S/C17H23FN2O4/c1-19(8-2-10-24-15-5-3-14(18)4-6-15)16(21)12-20-9-7-13(11-20)17(22)23/h3-6,13H,2,7-12H2,1H3,(H,22,23). The van der Waals surface area contributed by atoms with Gasteiger partial charge in [0.2, 0.25) is 5.91 Å². The van der Waals surface area contributed by atoms with Gasteiger partial charge in [-0.15, -0.1) is 0 Å². The van der Waals surface area contributed by atoms with Crippen LogP contribution in [-0.4, -0.2) is 66.6 Å². The van der Waals surface area contributed by atoms with Gasteiger partial charge >= 0.3 is 5.97 Å². The third kappa shape index (κ3) is 5.49. The summed E-state index contributed by atoms with van der Waals surface area (Å²) in [5.74, 6) is -0.895. The molecule has 0 radical (unpaired) electrons. The second kappa shape index (κ2) is 8.63. The summed E-state index contributed by atoms with van der Waals surface area (Å²) in [6.45, 7) is 2.32. The maximum atomic E-state index is 12.8. The number of hydrogen-bond donors (Lipinski definition) is 1. The molecule has 1 saturated heterocycles. The van der Waals surface area contributed by atoms with Gasteiger partial charge in [-0.3, -0.25) is 14.5 Å². The van der Waals surface area contributed by atoms with Gasteiger partial charge in [0.1, 0.15) is 11.6 Å². The van der Waals surface area contributed by atoms with E-state index in [0.717, 1.165) is 0 Å². The van der Waals surface area contributed by atoms with Crippen molar-refractivity contribution >= 4 is 11.9 Å². The first-order chi connectivity index (χ1) is 11.5. The van der Waals surface area contributed by atoms with Gasteiger partial charge in [-0.05, 0) is 43.7 Å². The van der Waals surface area contributed by atoms with Gasteiger partial charge in [0.25, 0.3) is 0 Å². The predicted octanol–water partition coefficient (Wildman–Crippen LogP) is 1.46. The summed E-state index contributed by atoms with van der Waals surface area (Å²) >= 11 is 0. The Bertz CT molecular complexity index is 564. The maximum absolute atomic E-state index is 12.8. The zero-order valence-electron chi connectivity index (χ0n) is 13.8. The highest BCUT2D eigenvalue weighted by molar-refractivity contribution is 5.78. The van der Waals surface area contributed by atoms with Gasteiger partial charge in [0, 0.05) is 20.1 Å². The van der Waals surface area contributed by atoms with Crippen molar-refractivity contribution in [2.45, 2.75) is 12.8 Å². The van der Waals surface area contributed by atoms with E-state index < -0.39 is 5.97 Å². The number of hydrogen-bond acceptors (Lipinski definition) is 4. The topological polar surface area (TPSA) is 70.1 Å². The summed E-state index contributed by atoms with van der Waals surface area (Å²) in [5, 5.41) is 8.97.